The molecule has 0 spiro atoms. The fraction of sp³-hybridized carbons (Fsp3) is 0.462. The van der Waals surface area contributed by atoms with Crippen molar-refractivity contribution in [3.05, 3.63) is 34.9 Å². The molecule has 4 heteroatoms. The minimum atomic E-state index is -0.411. The molecule has 0 aromatic heterocycles. The van der Waals surface area contributed by atoms with Crippen LogP contribution < -0.4 is 5.32 Å². The quantitative estimate of drug-likeness (QED) is 0.627. The van der Waals surface area contributed by atoms with E-state index in [1.807, 2.05) is 31.3 Å². The van der Waals surface area contributed by atoms with Gasteiger partial charge in [-0.3, -0.25) is 0 Å². The average molecular weight is 253 g/mol. The molecule has 1 atom stereocenters. The number of rotatable bonds is 2. The summed E-state index contributed by atoms with van der Waals surface area (Å²) < 4.78 is 0. The molecule has 3 nitrogen and oxygen atoms in total. The topological polar surface area (TPSA) is 44.6 Å². The molecule has 1 aliphatic carbocycles. The third kappa shape index (κ3) is 2.05. The van der Waals surface area contributed by atoms with E-state index in [1.54, 1.807) is 0 Å². The first-order valence-electron chi connectivity index (χ1n) is 5.90. The molecule has 1 aromatic carbocycles. The zero-order valence-electron chi connectivity index (χ0n) is 9.91. The van der Waals surface area contributed by atoms with Crippen LogP contribution in [0.15, 0.2) is 29.4 Å². The van der Waals surface area contributed by atoms with Crippen molar-refractivity contribution in [2.45, 2.75) is 31.2 Å². The minimum absolute atomic E-state index is 0.411. The van der Waals surface area contributed by atoms with Crippen LogP contribution in [0.4, 0.5) is 0 Å². The van der Waals surface area contributed by atoms with E-state index in [-0.39, 0.29) is 0 Å². The van der Waals surface area contributed by atoms with Crippen molar-refractivity contribution >= 4 is 17.3 Å². The number of oxime groups is 1. The third-order valence-electron chi connectivity index (χ3n) is 3.59. The van der Waals surface area contributed by atoms with Gasteiger partial charge in [-0.1, -0.05) is 41.4 Å². The van der Waals surface area contributed by atoms with E-state index in [9.17, 15) is 5.21 Å². The van der Waals surface area contributed by atoms with E-state index in [1.165, 1.54) is 0 Å². The second-order valence-electron chi connectivity index (χ2n) is 4.39. The first-order valence-corrected chi connectivity index (χ1v) is 6.28. The SMILES string of the molecule is CNC1(c2ccccc2Cl)CCCC/C1=N\O. The number of nitrogens with zero attached hydrogens (tertiary/aromatic N) is 1. The van der Waals surface area contributed by atoms with E-state index in [0.717, 1.165) is 37.0 Å². The first kappa shape index (κ1) is 12.4. The smallest absolute Gasteiger partial charge is 0.0869 e. The molecule has 0 bridgehead atoms. The molecule has 1 aromatic rings. The van der Waals surface area contributed by atoms with Crippen LogP contribution in [0, 0.1) is 0 Å². The second-order valence-corrected chi connectivity index (χ2v) is 4.80. The van der Waals surface area contributed by atoms with Crippen molar-refractivity contribution in [1.82, 2.24) is 5.32 Å². The van der Waals surface area contributed by atoms with Crippen molar-refractivity contribution in [3.8, 4) is 0 Å². The molecule has 2 N–H and O–H groups in total. The molecular formula is C13H17ClN2O. The van der Waals surface area contributed by atoms with E-state index in [0.29, 0.717) is 5.02 Å². The highest BCUT2D eigenvalue weighted by Gasteiger charge is 2.39. The molecule has 0 radical (unpaired) electrons. The number of benzene rings is 1. The van der Waals surface area contributed by atoms with Gasteiger partial charge < -0.3 is 10.5 Å². The van der Waals surface area contributed by atoms with Crippen molar-refractivity contribution in [2.24, 2.45) is 5.16 Å². The number of nitrogens with one attached hydrogen (secondary N) is 1. The van der Waals surface area contributed by atoms with Gasteiger partial charge in [0.25, 0.3) is 0 Å². The Morgan fingerprint density at radius 3 is 2.76 bits per heavy atom. The lowest BCUT2D eigenvalue weighted by atomic mass is 9.75. The maximum absolute atomic E-state index is 9.21. The highest BCUT2D eigenvalue weighted by molar-refractivity contribution is 6.31. The molecule has 0 aliphatic heterocycles. The normalized spacial score (nSPS) is 27.3. The van der Waals surface area contributed by atoms with Crippen molar-refractivity contribution in [2.75, 3.05) is 7.05 Å². The van der Waals surface area contributed by atoms with E-state index >= 15 is 0 Å². The van der Waals surface area contributed by atoms with Gasteiger partial charge in [0.2, 0.25) is 0 Å². The highest BCUT2D eigenvalue weighted by Crippen LogP contribution is 2.38. The number of hydrogen-bond acceptors (Lipinski definition) is 3. The van der Waals surface area contributed by atoms with Crippen molar-refractivity contribution < 1.29 is 5.21 Å². The van der Waals surface area contributed by atoms with Crippen LogP contribution in [0.5, 0.6) is 0 Å². The van der Waals surface area contributed by atoms with Crippen LogP contribution >= 0.6 is 11.6 Å². The Morgan fingerprint density at radius 1 is 1.35 bits per heavy atom. The molecule has 1 aliphatic rings. The molecule has 1 fully saturated rings. The lowest BCUT2D eigenvalue weighted by Gasteiger charge is -2.38. The fourth-order valence-electron chi connectivity index (χ4n) is 2.68. The van der Waals surface area contributed by atoms with E-state index < -0.39 is 5.54 Å². The summed E-state index contributed by atoms with van der Waals surface area (Å²) in [6.45, 7) is 0. The van der Waals surface area contributed by atoms with E-state index in [4.69, 9.17) is 11.6 Å². The van der Waals surface area contributed by atoms with Crippen LogP contribution in [0.1, 0.15) is 31.2 Å². The lowest BCUT2D eigenvalue weighted by Crippen LogP contribution is -2.49. The molecule has 2 rings (SSSR count). The fourth-order valence-corrected chi connectivity index (χ4v) is 2.97. The van der Waals surface area contributed by atoms with Gasteiger partial charge in [-0.25, -0.2) is 0 Å². The van der Waals surface area contributed by atoms with Gasteiger partial charge >= 0.3 is 0 Å². The largest absolute Gasteiger partial charge is 0.411 e. The van der Waals surface area contributed by atoms with Gasteiger partial charge in [0.1, 0.15) is 0 Å². The zero-order chi connectivity index (χ0) is 12.3. The minimum Gasteiger partial charge on any atom is -0.411 e. The Labute approximate surface area is 106 Å². The number of halogens is 1. The van der Waals surface area contributed by atoms with Crippen molar-refractivity contribution in [1.29, 1.82) is 0 Å². The lowest BCUT2D eigenvalue weighted by molar-refractivity contribution is 0.296. The molecule has 0 amide bonds. The Hall–Kier alpha value is -1.06. The molecule has 1 saturated carbocycles. The van der Waals surface area contributed by atoms with Gasteiger partial charge in [0.15, 0.2) is 0 Å². The molecule has 0 saturated heterocycles. The van der Waals surface area contributed by atoms with Crippen LogP contribution in [-0.4, -0.2) is 18.0 Å². The summed E-state index contributed by atoms with van der Waals surface area (Å²) in [7, 11) is 1.89. The molecule has 0 heterocycles. The van der Waals surface area contributed by atoms with Crippen LogP contribution in [0.3, 0.4) is 0 Å². The van der Waals surface area contributed by atoms with Crippen LogP contribution in [0.2, 0.25) is 5.02 Å². The molecule has 17 heavy (non-hydrogen) atoms. The Bertz CT molecular complexity index is 433. The Balaban J connectivity index is 2.53. The predicted molar refractivity (Wildman–Crippen MR) is 69.9 cm³/mol. The standard InChI is InChI=1S/C13H17ClN2O/c1-15-13(9-5-4-8-12(13)16-17)10-6-2-3-7-11(10)14/h2-3,6-7,15,17H,4-5,8-9H2,1H3/b16-12+. The van der Waals surface area contributed by atoms with Gasteiger partial charge in [-0.15, -0.1) is 0 Å². The Morgan fingerprint density at radius 2 is 2.12 bits per heavy atom. The average Bonchev–Trinajstić information content (AvgIpc) is 2.39. The van der Waals surface area contributed by atoms with Gasteiger partial charge in [0, 0.05) is 5.02 Å². The molecule has 1 unspecified atom stereocenters. The third-order valence-corrected chi connectivity index (χ3v) is 3.92. The summed E-state index contributed by atoms with van der Waals surface area (Å²) >= 11 is 6.27. The zero-order valence-corrected chi connectivity index (χ0v) is 10.7. The van der Waals surface area contributed by atoms with Crippen LogP contribution in [0.25, 0.3) is 0 Å². The summed E-state index contributed by atoms with van der Waals surface area (Å²) in [5.41, 5.74) is 1.36. The summed E-state index contributed by atoms with van der Waals surface area (Å²) in [4.78, 5) is 0. The summed E-state index contributed by atoms with van der Waals surface area (Å²) in [5, 5.41) is 16.7. The maximum Gasteiger partial charge on any atom is 0.0869 e. The summed E-state index contributed by atoms with van der Waals surface area (Å²) in [6.07, 6.45) is 3.88. The van der Waals surface area contributed by atoms with Gasteiger partial charge in [-0.2, -0.15) is 0 Å². The van der Waals surface area contributed by atoms with E-state index in [2.05, 4.69) is 10.5 Å². The predicted octanol–water partition coefficient (Wildman–Crippen LogP) is 3.16. The highest BCUT2D eigenvalue weighted by atomic mass is 35.5. The van der Waals surface area contributed by atoms with Gasteiger partial charge in [0.05, 0.1) is 11.3 Å². The molecular weight excluding hydrogens is 236 g/mol. The van der Waals surface area contributed by atoms with Crippen LogP contribution in [-0.2, 0) is 5.54 Å². The van der Waals surface area contributed by atoms with Gasteiger partial charge in [-0.05, 0) is 37.9 Å². The molecule has 92 valence electrons. The summed E-state index contributed by atoms with van der Waals surface area (Å²) in [6, 6.07) is 7.74. The summed E-state index contributed by atoms with van der Waals surface area (Å²) in [5.74, 6) is 0. The second kappa shape index (κ2) is 5.07. The monoisotopic (exact) mass is 252 g/mol. The Kier molecular flexibility index (Phi) is 3.69. The first-order chi connectivity index (χ1) is 8.24. The number of hydrogen-bond donors (Lipinski definition) is 2. The van der Waals surface area contributed by atoms with Crippen molar-refractivity contribution in [3.63, 3.8) is 0 Å². The maximum atomic E-state index is 9.21.